The minimum Gasteiger partial charge on any atom is -0.477 e. The average Bonchev–Trinajstić information content (AvgIpc) is 3.37. The first-order valence-corrected chi connectivity index (χ1v) is 13.9. The molecule has 1 aromatic heterocycles. The molecule has 5 N–H and O–H groups in total. The smallest absolute Gasteiger partial charge is 0.408 e. The van der Waals surface area contributed by atoms with Gasteiger partial charge in [-0.3, -0.25) is 19.6 Å². The second-order valence-corrected chi connectivity index (χ2v) is 11.8. The van der Waals surface area contributed by atoms with Crippen LogP contribution in [0.25, 0.3) is 0 Å². The molecule has 212 valence electrons. The molecule has 3 amide bonds. The molecule has 0 radical (unpaired) electrons. The van der Waals surface area contributed by atoms with Crippen LogP contribution < -0.4 is 10.6 Å². The number of hydrogen-bond acceptors (Lipinski definition) is 10. The molecule has 3 heterocycles. The van der Waals surface area contributed by atoms with Gasteiger partial charge in [0.2, 0.25) is 11.6 Å². The van der Waals surface area contributed by atoms with Gasteiger partial charge in [-0.2, -0.15) is 0 Å². The molecule has 2 aromatic rings. The van der Waals surface area contributed by atoms with E-state index in [0.717, 1.165) is 16.7 Å². The standard InChI is InChI=1S/C24H26N6O8S2/c1-24(2,3)38-23(37)26-13(11-7-5-4-6-8-11)17(31)25-15-19(32)30-16(22(35)36)12(10-40-20(15)30)9-39-18-14(21(33)34)27-29-28-18/h4-8,13,15,20H,9-10H2,1-3H3,(H,25,31)(H,26,37)(H,33,34)(H,35,36)(H,27,28,29)/t13?,15?,20-/m0/s1. The predicted molar refractivity (Wildman–Crippen MR) is 142 cm³/mol. The van der Waals surface area contributed by atoms with Gasteiger partial charge in [-0.1, -0.05) is 47.3 Å². The number of carboxylic acid groups (broad SMARTS) is 2. The summed E-state index contributed by atoms with van der Waals surface area (Å²) in [4.78, 5) is 63.4. The fraction of sp³-hybridized carbons (Fsp3) is 0.375. The molecule has 14 nitrogen and oxygen atoms in total. The highest BCUT2D eigenvalue weighted by molar-refractivity contribution is 8.01. The van der Waals surface area contributed by atoms with Gasteiger partial charge in [0.25, 0.3) is 5.91 Å². The molecule has 16 heteroatoms. The van der Waals surface area contributed by atoms with Crippen molar-refractivity contribution in [1.82, 2.24) is 30.9 Å². The van der Waals surface area contributed by atoms with Crippen molar-refractivity contribution in [2.45, 2.75) is 48.9 Å². The molecule has 1 saturated heterocycles. The second kappa shape index (κ2) is 11.6. The van der Waals surface area contributed by atoms with E-state index >= 15 is 0 Å². The summed E-state index contributed by atoms with van der Waals surface area (Å²) in [6.07, 6.45) is -0.818. The van der Waals surface area contributed by atoms with E-state index in [1.54, 1.807) is 51.1 Å². The van der Waals surface area contributed by atoms with Crippen LogP contribution in [-0.4, -0.2) is 88.9 Å². The predicted octanol–water partition coefficient (Wildman–Crippen LogP) is 1.60. The normalized spacial score (nSPS) is 19.3. The Hall–Kier alpha value is -4.05. The summed E-state index contributed by atoms with van der Waals surface area (Å²) in [7, 11) is 0. The van der Waals surface area contributed by atoms with Gasteiger partial charge < -0.3 is 25.6 Å². The number of carbonyl (C=O) groups excluding carboxylic acids is 3. The number of alkyl carbamates (subject to hydrolysis) is 1. The molecular weight excluding hydrogens is 564 g/mol. The van der Waals surface area contributed by atoms with Crippen molar-refractivity contribution in [1.29, 1.82) is 0 Å². The Morgan fingerprint density at radius 1 is 1.20 bits per heavy atom. The number of nitrogens with one attached hydrogen (secondary N) is 3. The maximum absolute atomic E-state index is 13.3. The lowest BCUT2D eigenvalue weighted by Gasteiger charge is -2.49. The van der Waals surface area contributed by atoms with Gasteiger partial charge in [0, 0.05) is 11.5 Å². The van der Waals surface area contributed by atoms with Crippen LogP contribution in [0.5, 0.6) is 0 Å². The molecular formula is C24H26N6O8S2. The van der Waals surface area contributed by atoms with Crippen molar-refractivity contribution in [2.24, 2.45) is 0 Å². The Kier molecular flexibility index (Phi) is 8.39. The summed E-state index contributed by atoms with van der Waals surface area (Å²) < 4.78 is 5.29. The minimum atomic E-state index is -1.33. The zero-order valence-electron chi connectivity index (χ0n) is 21.5. The Morgan fingerprint density at radius 2 is 1.90 bits per heavy atom. The average molecular weight is 591 g/mol. The summed E-state index contributed by atoms with van der Waals surface area (Å²) in [5.74, 6) is -3.60. The maximum Gasteiger partial charge on any atom is 0.408 e. The Labute approximate surface area is 236 Å². The van der Waals surface area contributed by atoms with E-state index in [9.17, 15) is 34.2 Å². The number of aromatic nitrogens is 3. The maximum atomic E-state index is 13.3. The summed E-state index contributed by atoms with van der Waals surface area (Å²) in [6.45, 7) is 5.05. The van der Waals surface area contributed by atoms with Crippen LogP contribution >= 0.6 is 23.5 Å². The highest BCUT2D eigenvalue weighted by Crippen LogP contribution is 2.41. The first-order valence-electron chi connectivity index (χ1n) is 11.9. The lowest BCUT2D eigenvalue weighted by molar-refractivity contribution is -0.151. The van der Waals surface area contributed by atoms with Crippen LogP contribution in [0.3, 0.4) is 0 Å². The van der Waals surface area contributed by atoms with Crippen LogP contribution in [0.1, 0.15) is 42.9 Å². The fourth-order valence-electron chi connectivity index (χ4n) is 4.02. The summed E-state index contributed by atoms with van der Waals surface area (Å²) in [6, 6.07) is 6.24. The molecule has 0 spiro atoms. The van der Waals surface area contributed by atoms with Crippen LogP contribution in [0, 0.1) is 0 Å². The highest BCUT2D eigenvalue weighted by atomic mass is 32.2. The minimum absolute atomic E-state index is 0.0716. The Balaban J connectivity index is 1.49. The number of hydrogen-bond donors (Lipinski definition) is 5. The third-order valence-electron chi connectivity index (χ3n) is 5.71. The molecule has 2 aliphatic rings. The van der Waals surface area contributed by atoms with Crippen molar-refractivity contribution in [3.63, 3.8) is 0 Å². The number of nitrogens with zero attached hydrogens (tertiary/aromatic N) is 3. The van der Waals surface area contributed by atoms with Gasteiger partial charge in [-0.25, -0.2) is 14.4 Å². The number of aromatic amines is 1. The summed E-state index contributed by atoms with van der Waals surface area (Å²) in [5, 5.41) is 33.2. The van der Waals surface area contributed by atoms with E-state index in [2.05, 4.69) is 26.0 Å². The van der Waals surface area contributed by atoms with Gasteiger partial charge in [0.05, 0.1) is 0 Å². The van der Waals surface area contributed by atoms with Gasteiger partial charge in [-0.05, 0) is 31.9 Å². The van der Waals surface area contributed by atoms with Gasteiger partial charge in [0.1, 0.15) is 33.8 Å². The van der Waals surface area contributed by atoms with Gasteiger partial charge in [-0.15, -0.1) is 16.9 Å². The topological polar surface area (TPSA) is 204 Å². The molecule has 2 aliphatic heterocycles. The van der Waals surface area contributed by atoms with Crippen molar-refractivity contribution < 1.29 is 38.9 Å². The first-order chi connectivity index (χ1) is 18.9. The number of thioether (sulfide) groups is 2. The van der Waals surface area contributed by atoms with E-state index in [4.69, 9.17) is 4.74 Å². The first kappa shape index (κ1) is 28.9. The number of aromatic carboxylic acids is 1. The molecule has 0 saturated carbocycles. The highest BCUT2D eigenvalue weighted by Gasteiger charge is 2.54. The molecule has 0 bridgehead atoms. The Morgan fingerprint density at radius 3 is 2.52 bits per heavy atom. The molecule has 3 atom stereocenters. The number of ether oxygens (including phenoxy) is 1. The van der Waals surface area contributed by atoms with Crippen molar-refractivity contribution >= 4 is 53.4 Å². The van der Waals surface area contributed by atoms with E-state index in [1.807, 2.05) is 0 Å². The second-order valence-electron chi connectivity index (χ2n) is 9.73. The Bertz CT molecular complexity index is 1370. The lowest BCUT2D eigenvalue weighted by Crippen LogP contribution is -2.71. The molecule has 1 aromatic carbocycles. The number of carbonyl (C=O) groups is 5. The van der Waals surface area contributed by atoms with Crippen LogP contribution in [0.2, 0.25) is 0 Å². The van der Waals surface area contributed by atoms with E-state index in [-0.39, 0.29) is 27.9 Å². The monoisotopic (exact) mass is 590 g/mol. The molecule has 2 unspecified atom stereocenters. The quantitative estimate of drug-likeness (QED) is 0.209. The number of carboxylic acids is 2. The van der Waals surface area contributed by atoms with Crippen LogP contribution in [0.4, 0.5) is 4.79 Å². The van der Waals surface area contributed by atoms with Gasteiger partial charge >= 0.3 is 18.0 Å². The third kappa shape index (κ3) is 6.22. The SMILES string of the molecule is CC(C)(C)OC(=O)NC(C(=O)NC1C(=O)N2C(C(=O)O)=C(CSc3[nH]nnc3C(=O)O)CS[C@@H]12)c1ccccc1. The number of rotatable bonds is 9. The van der Waals surface area contributed by atoms with Crippen LogP contribution in [0.15, 0.2) is 46.6 Å². The van der Waals surface area contributed by atoms with E-state index < -0.39 is 52.9 Å². The molecule has 4 rings (SSSR count). The van der Waals surface area contributed by atoms with Gasteiger partial charge in [0.15, 0.2) is 0 Å². The van der Waals surface area contributed by atoms with Crippen molar-refractivity contribution in [2.75, 3.05) is 11.5 Å². The molecule has 40 heavy (non-hydrogen) atoms. The zero-order chi connectivity index (χ0) is 29.2. The number of amides is 3. The van der Waals surface area contributed by atoms with Crippen molar-refractivity contribution in [3.8, 4) is 0 Å². The van der Waals surface area contributed by atoms with E-state index in [1.165, 1.54) is 11.8 Å². The number of H-pyrrole nitrogens is 1. The zero-order valence-corrected chi connectivity index (χ0v) is 23.2. The largest absolute Gasteiger partial charge is 0.477 e. The lowest BCUT2D eigenvalue weighted by atomic mass is 10.0. The van der Waals surface area contributed by atoms with Crippen molar-refractivity contribution in [3.05, 3.63) is 52.9 Å². The number of aliphatic carboxylic acids is 1. The number of benzene rings is 1. The fourth-order valence-corrected chi connectivity index (χ4v) is 6.42. The molecule has 1 fully saturated rings. The van der Waals surface area contributed by atoms with Crippen LogP contribution in [-0.2, 0) is 19.1 Å². The summed E-state index contributed by atoms with van der Waals surface area (Å²) in [5.41, 5.74) is -0.451. The molecule has 0 aliphatic carbocycles. The number of β-lactam (4-membered cyclic amide) rings is 1. The third-order valence-corrected chi connectivity index (χ3v) is 8.12. The summed E-state index contributed by atoms with van der Waals surface area (Å²) >= 11 is 2.26. The number of fused-ring (bicyclic) bond motifs is 1. The van der Waals surface area contributed by atoms with E-state index in [0.29, 0.717) is 11.1 Å².